The van der Waals surface area contributed by atoms with E-state index in [0.717, 1.165) is 29.3 Å². The van der Waals surface area contributed by atoms with E-state index in [2.05, 4.69) is 53.4 Å². The number of hydrogen-bond donors (Lipinski definition) is 1. The second-order valence-electron chi connectivity index (χ2n) is 7.75. The third kappa shape index (κ3) is 6.08. The molecule has 0 unspecified atom stereocenters. The number of unbranched alkanes of at least 4 members (excludes halogenated alkanes) is 1. The molecule has 0 spiro atoms. The van der Waals surface area contributed by atoms with E-state index in [1.165, 1.54) is 18.9 Å². The van der Waals surface area contributed by atoms with Gasteiger partial charge < -0.3 is 14.2 Å². The summed E-state index contributed by atoms with van der Waals surface area (Å²) in [7, 11) is 0.354. The van der Waals surface area contributed by atoms with Gasteiger partial charge in [0.2, 0.25) is 0 Å². The first-order valence-corrected chi connectivity index (χ1v) is 13.9. The Morgan fingerprint density at radius 2 is 1.27 bits per heavy atom. The van der Waals surface area contributed by atoms with Crippen LogP contribution in [-0.2, 0) is 8.85 Å². The summed E-state index contributed by atoms with van der Waals surface area (Å²) in [6, 6.07) is 1.46. The van der Waals surface area contributed by atoms with E-state index in [1.54, 1.807) is 14.2 Å². The molecule has 0 aliphatic heterocycles. The molecule has 0 aliphatic rings. The van der Waals surface area contributed by atoms with Crippen LogP contribution in [0.15, 0.2) is 0 Å². The highest BCUT2D eigenvalue weighted by atomic mass is 28.4. The molecule has 0 atom stereocenters. The summed E-state index contributed by atoms with van der Waals surface area (Å²) < 4.78 is 11.0. The molecule has 3 nitrogen and oxygen atoms in total. The van der Waals surface area contributed by atoms with E-state index < -0.39 is 16.6 Å². The average Bonchev–Trinajstić information content (AvgIpc) is 2.45. The minimum atomic E-state index is -1.95. The van der Waals surface area contributed by atoms with Crippen molar-refractivity contribution in [2.24, 2.45) is 0 Å². The maximum absolute atomic E-state index is 5.50. The van der Waals surface area contributed by atoms with Crippen molar-refractivity contribution in [3.05, 3.63) is 0 Å². The van der Waals surface area contributed by atoms with Crippen LogP contribution in [0.1, 0.15) is 54.4 Å². The van der Waals surface area contributed by atoms with Gasteiger partial charge in [0.05, 0.1) is 8.07 Å². The van der Waals surface area contributed by atoms with Gasteiger partial charge in [0.25, 0.3) is 0 Å². The lowest BCUT2D eigenvalue weighted by atomic mass is 10.3. The quantitative estimate of drug-likeness (QED) is 0.401. The molecule has 0 saturated carbocycles. The molecule has 0 aliphatic carbocycles. The van der Waals surface area contributed by atoms with Gasteiger partial charge >= 0.3 is 8.56 Å². The molecule has 22 heavy (non-hydrogen) atoms. The van der Waals surface area contributed by atoms with Crippen molar-refractivity contribution in [1.29, 1.82) is 0 Å². The third-order valence-corrected chi connectivity index (χ3v) is 16.0. The molecule has 0 amide bonds. The Hall–Kier alpha value is 0.314. The van der Waals surface area contributed by atoms with E-state index >= 15 is 0 Å². The van der Waals surface area contributed by atoms with Gasteiger partial charge in [-0.2, -0.15) is 0 Å². The van der Waals surface area contributed by atoms with Crippen LogP contribution < -0.4 is 5.32 Å². The average molecular weight is 348 g/mol. The van der Waals surface area contributed by atoms with Gasteiger partial charge in [-0.05, 0) is 19.5 Å². The molecule has 0 bridgehead atoms. The van der Waals surface area contributed by atoms with Crippen molar-refractivity contribution in [3.63, 3.8) is 0 Å². The fraction of sp³-hybridized carbons (Fsp3) is 1.00. The van der Waals surface area contributed by atoms with Crippen molar-refractivity contribution >= 4 is 16.6 Å². The van der Waals surface area contributed by atoms with E-state index in [9.17, 15) is 0 Å². The molecular formula is C17H41NO2Si2. The lowest BCUT2D eigenvalue weighted by molar-refractivity contribution is 0.247. The number of hydrogen-bond acceptors (Lipinski definition) is 3. The molecule has 0 fully saturated rings. The Bertz CT molecular complexity index is 271. The third-order valence-electron chi connectivity index (χ3n) is 5.75. The molecule has 0 saturated heterocycles. The van der Waals surface area contributed by atoms with Gasteiger partial charge in [0, 0.05) is 20.4 Å². The summed E-state index contributed by atoms with van der Waals surface area (Å²) in [5.74, 6) is 0. The predicted octanol–water partition coefficient (Wildman–Crippen LogP) is 4.94. The minimum Gasteiger partial charge on any atom is -0.397 e. The molecule has 0 aromatic carbocycles. The van der Waals surface area contributed by atoms with Gasteiger partial charge in [-0.3, -0.25) is 0 Å². The fourth-order valence-corrected chi connectivity index (χ4v) is 11.8. The highest BCUT2D eigenvalue weighted by Crippen LogP contribution is 2.45. The Kier molecular flexibility index (Phi) is 10.4. The lowest BCUT2D eigenvalue weighted by Crippen LogP contribution is -2.47. The van der Waals surface area contributed by atoms with E-state index in [4.69, 9.17) is 8.85 Å². The molecule has 0 rings (SSSR count). The SMILES string of the molecule is CO[Si](C)(CNCCCC[Si](C(C)C)(C(C)C)C(C)C)OC. The molecule has 0 heterocycles. The van der Waals surface area contributed by atoms with E-state index in [1.807, 2.05) is 0 Å². The first kappa shape index (κ1) is 22.3. The molecule has 134 valence electrons. The standard InChI is InChI=1S/C17H41NO2Si2/c1-15(2)22(16(3)4,17(5)6)13-11-10-12-18-14-21(9,19-7)20-8/h15-18H,10-14H2,1-9H3. The van der Waals surface area contributed by atoms with Crippen LogP contribution in [0, 0.1) is 0 Å². The normalized spacial score (nSPS) is 13.6. The van der Waals surface area contributed by atoms with Crippen LogP contribution in [0.4, 0.5) is 0 Å². The smallest absolute Gasteiger partial charge is 0.348 e. The summed E-state index contributed by atoms with van der Waals surface area (Å²) >= 11 is 0. The van der Waals surface area contributed by atoms with Gasteiger partial charge in [0.15, 0.2) is 0 Å². The summed E-state index contributed by atoms with van der Waals surface area (Å²) in [6.07, 6.45) is 3.49. The largest absolute Gasteiger partial charge is 0.397 e. The number of nitrogens with one attached hydrogen (secondary N) is 1. The van der Waals surface area contributed by atoms with Crippen molar-refractivity contribution < 1.29 is 8.85 Å². The minimum absolute atomic E-state index is 0.873. The van der Waals surface area contributed by atoms with Crippen molar-refractivity contribution in [1.82, 2.24) is 5.32 Å². The van der Waals surface area contributed by atoms with Crippen LogP contribution in [-0.4, -0.2) is 43.6 Å². The molecule has 1 N–H and O–H groups in total. The second-order valence-corrected chi connectivity index (χ2v) is 17.4. The zero-order valence-corrected chi connectivity index (χ0v) is 18.6. The highest BCUT2D eigenvalue weighted by molar-refractivity contribution is 6.83. The molecule has 0 aromatic rings. The topological polar surface area (TPSA) is 30.5 Å². The highest BCUT2D eigenvalue weighted by Gasteiger charge is 2.41. The predicted molar refractivity (Wildman–Crippen MR) is 104 cm³/mol. The maximum atomic E-state index is 5.50. The van der Waals surface area contributed by atoms with Crippen LogP contribution in [0.5, 0.6) is 0 Å². The van der Waals surface area contributed by atoms with Crippen LogP contribution in [0.25, 0.3) is 0 Å². The monoisotopic (exact) mass is 347 g/mol. The zero-order valence-electron chi connectivity index (χ0n) is 16.6. The molecule has 5 heteroatoms. The summed E-state index contributed by atoms with van der Waals surface area (Å²) in [4.78, 5) is 0. The summed E-state index contributed by atoms with van der Waals surface area (Å²) in [5, 5.41) is 3.53. The summed E-state index contributed by atoms with van der Waals surface area (Å²) in [5.41, 5.74) is 2.62. The van der Waals surface area contributed by atoms with Crippen LogP contribution >= 0.6 is 0 Å². The van der Waals surface area contributed by atoms with Crippen molar-refractivity contribution in [2.75, 3.05) is 26.9 Å². The zero-order chi connectivity index (χ0) is 17.4. The van der Waals surface area contributed by atoms with Crippen molar-refractivity contribution in [3.8, 4) is 0 Å². The van der Waals surface area contributed by atoms with Crippen molar-refractivity contribution in [2.45, 2.75) is 83.6 Å². The Morgan fingerprint density at radius 1 is 0.818 bits per heavy atom. The van der Waals surface area contributed by atoms with E-state index in [-0.39, 0.29) is 0 Å². The first-order chi connectivity index (χ1) is 10.2. The van der Waals surface area contributed by atoms with Gasteiger partial charge in [0.1, 0.15) is 0 Å². The fourth-order valence-electron chi connectivity index (χ4n) is 4.09. The molecule has 0 aromatic heterocycles. The van der Waals surface area contributed by atoms with E-state index in [0.29, 0.717) is 0 Å². The Morgan fingerprint density at radius 3 is 1.64 bits per heavy atom. The lowest BCUT2D eigenvalue weighted by Gasteiger charge is -2.43. The van der Waals surface area contributed by atoms with Gasteiger partial charge in [-0.15, -0.1) is 0 Å². The molecular weight excluding hydrogens is 306 g/mol. The summed E-state index contributed by atoms with van der Waals surface area (Å²) in [6.45, 7) is 17.9. The molecule has 0 radical (unpaired) electrons. The van der Waals surface area contributed by atoms with Gasteiger partial charge in [-0.25, -0.2) is 0 Å². The first-order valence-electron chi connectivity index (χ1n) is 8.97. The Labute approximate surface area is 141 Å². The van der Waals surface area contributed by atoms with Crippen LogP contribution in [0.2, 0.25) is 29.2 Å². The second kappa shape index (κ2) is 10.2. The maximum Gasteiger partial charge on any atom is 0.348 e. The van der Waals surface area contributed by atoms with Crippen LogP contribution in [0.3, 0.4) is 0 Å². The Balaban J connectivity index is 4.26. The van der Waals surface area contributed by atoms with Gasteiger partial charge in [-0.1, -0.05) is 70.6 Å². The number of rotatable bonds is 12.